The van der Waals surface area contributed by atoms with Crippen LogP contribution in [0.3, 0.4) is 0 Å². The maximum Gasteiger partial charge on any atom is 0.292 e. The number of nitro benzene ring substituents is 1. The van der Waals surface area contributed by atoms with Crippen molar-refractivity contribution >= 4 is 23.0 Å². The molecule has 6 heteroatoms. The van der Waals surface area contributed by atoms with Gasteiger partial charge in [0.25, 0.3) is 5.69 Å². The molecule has 1 unspecified atom stereocenters. The molecule has 0 radical (unpaired) electrons. The van der Waals surface area contributed by atoms with Crippen LogP contribution >= 0.6 is 11.6 Å². The van der Waals surface area contributed by atoms with E-state index in [4.69, 9.17) is 11.6 Å². The summed E-state index contributed by atoms with van der Waals surface area (Å²) >= 11 is 6.07. The Balaban J connectivity index is 2.32. The minimum absolute atomic E-state index is 0.127. The zero-order chi connectivity index (χ0) is 14.7. The Kier molecular flexibility index (Phi) is 4.20. The van der Waals surface area contributed by atoms with Crippen molar-refractivity contribution in [2.75, 3.05) is 5.32 Å². The van der Waals surface area contributed by atoms with Gasteiger partial charge in [0.2, 0.25) is 0 Å². The van der Waals surface area contributed by atoms with Crippen molar-refractivity contribution in [1.82, 2.24) is 0 Å². The molecule has 0 amide bonds. The number of hydrogen-bond donors (Lipinski definition) is 1. The lowest BCUT2D eigenvalue weighted by molar-refractivity contribution is -0.384. The van der Waals surface area contributed by atoms with Gasteiger partial charge < -0.3 is 5.32 Å². The first-order valence-electron chi connectivity index (χ1n) is 5.94. The topological polar surface area (TPSA) is 55.2 Å². The molecule has 0 saturated heterocycles. The van der Waals surface area contributed by atoms with Crippen LogP contribution in [0.1, 0.15) is 18.5 Å². The maximum absolute atomic E-state index is 13.3. The van der Waals surface area contributed by atoms with E-state index in [1.807, 2.05) is 12.1 Å². The molecule has 0 aliphatic carbocycles. The third-order valence-electron chi connectivity index (χ3n) is 2.90. The second kappa shape index (κ2) is 5.88. The van der Waals surface area contributed by atoms with Gasteiger partial charge in [-0.05, 0) is 24.6 Å². The van der Waals surface area contributed by atoms with Crippen molar-refractivity contribution in [2.45, 2.75) is 13.0 Å². The quantitative estimate of drug-likeness (QED) is 0.664. The second-order valence-electron chi connectivity index (χ2n) is 4.31. The van der Waals surface area contributed by atoms with E-state index in [0.717, 1.165) is 23.8 Å². The third kappa shape index (κ3) is 3.05. The predicted octanol–water partition coefficient (Wildman–Crippen LogP) is 4.56. The third-order valence-corrected chi connectivity index (χ3v) is 3.24. The molecule has 104 valence electrons. The van der Waals surface area contributed by atoms with Crippen LogP contribution in [0.4, 0.5) is 15.8 Å². The second-order valence-corrected chi connectivity index (χ2v) is 4.71. The van der Waals surface area contributed by atoms with Crippen LogP contribution in [-0.2, 0) is 0 Å². The Labute approximate surface area is 120 Å². The van der Waals surface area contributed by atoms with Gasteiger partial charge in [-0.25, -0.2) is 4.39 Å². The van der Waals surface area contributed by atoms with Crippen molar-refractivity contribution in [3.8, 4) is 0 Å². The van der Waals surface area contributed by atoms with Crippen molar-refractivity contribution in [3.63, 3.8) is 0 Å². The maximum atomic E-state index is 13.3. The van der Waals surface area contributed by atoms with E-state index in [9.17, 15) is 14.5 Å². The van der Waals surface area contributed by atoms with Crippen LogP contribution in [0.2, 0.25) is 5.02 Å². The van der Waals surface area contributed by atoms with Gasteiger partial charge in [-0.3, -0.25) is 10.1 Å². The summed E-state index contributed by atoms with van der Waals surface area (Å²) < 4.78 is 13.3. The number of benzene rings is 2. The molecule has 2 rings (SSSR count). The Hall–Kier alpha value is -2.14. The Morgan fingerprint density at radius 3 is 2.65 bits per heavy atom. The molecule has 20 heavy (non-hydrogen) atoms. The lowest BCUT2D eigenvalue weighted by atomic mass is 10.1. The van der Waals surface area contributed by atoms with E-state index in [-0.39, 0.29) is 17.4 Å². The van der Waals surface area contributed by atoms with Crippen molar-refractivity contribution in [2.24, 2.45) is 0 Å². The zero-order valence-corrected chi connectivity index (χ0v) is 11.4. The van der Waals surface area contributed by atoms with E-state index >= 15 is 0 Å². The van der Waals surface area contributed by atoms with Crippen LogP contribution in [-0.4, -0.2) is 4.92 Å². The molecule has 0 heterocycles. The first-order valence-corrected chi connectivity index (χ1v) is 6.31. The van der Waals surface area contributed by atoms with Gasteiger partial charge in [0.05, 0.1) is 11.0 Å². The summed E-state index contributed by atoms with van der Waals surface area (Å²) in [6, 6.07) is 10.2. The average molecular weight is 295 g/mol. The number of nitro groups is 1. The fourth-order valence-corrected chi connectivity index (χ4v) is 2.22. The molecule has 1 N–H and O–H groups in total. The number of nitrogens with one attached hydrogen (secondary N) is 1. The summed E-state index contributed by atoms with van der Waals surface area (Å²) in [4.78, 5) is 10.4. The van der Waals surface area contributed by atoms with Crippen LogP contribution in [0.5, 0.6) is 0 Å². The first kappa shape index (κ1) is 14.3. The Bertz CT molecular complexity index is 649. The highest BCUT2D eigenvalue weighted by Gasteiger charge is 2.17. The van der Waals surface area contributed by atoms with Crippen molar-refractivity contribution in [3.05, 3.63) is 69.0 Å². The Morgan fingerprint density at radius 1 is 1.30 bits per heavy atom. The van der Waals surface area contributed by atoms with Gasteiger partial charge in [-0.2, -0.15) is 0 Å². The monoisotopic (exact) mass is 294 g/mol. The molecule has 1 atom stereocenters. The number of hydrogen-bond acceptors (Lipinski definition) is 3. The zero-order valence-electron chi connectivity index (χ0n) is 10.6. The number of halogens is 2. The highest BCUT2D eigenvalue weighted by atomic mass is 35.5. The van der Waals surface area contributed by atoms with E-state index in [2.05, 4.69) is 5.32 Å². The lowest BCUT2D eigenvalue weighted by Crippen LogP contribution is -2.09. The van der Waals surface area contributed by atoms with Crippen LogP contribution in [0, 0.1) is 15.9 Å². The molecule has 0 aromatic heterocycles. The highest BCUT2D eigenvalue weighted by molar-refractivity contribution is 6.31. The fraction of sp³-hybridized carbons (Fsp3) is 0.143. The molecular formula is C14H12ClFN2O2. The van der Waals surface area contributed by atoms with E-state index in [0.29, 0.717) is 5.02 Å². The molecule has 0 aliphatic heterocycles. The summed E-state index contributed by atoms with van der Waals surface area (Å²) in [5.41, 5.74) is 0.737. The molecule has 0 fully saturated rings. The van der Waals surface area contributed by atoms with E-state index in [1.165, 1.54) is 0 Å². The first-order chi connectivity index (χ1) is 9.49. The largest absolute Gasteiger partial charge is 0.373 e. The smallest absolute Gasteiger partial charge is 0.292 e. The summed E-state index contributed by atoms with van der Waals surface area (Å²) in [6.45, 7) is 1.80. The van der Waals surface area contributed by atoms with Crippen LogP contribution in [0.25, 0.3) is 0 Å². The summed E-state index contributed by atoms with van der Waals surface area (Å²) in [5.74, 6) is -0.538. The number of anilines is 1. The molecule has 2 aromatic rings. The SMILES string of the molecule is CC(Nc1cc(F)ccc1[N+](=O)[O-])c1ccccc1Cl. The fourth-order valence-electron chi connectivity index (χ4n) is 1.92. The molecule has 0 bridgehead atoms. The Morgan fingerprint density at radius 2 is 2.00 bits per heavy atom. The minimum Gasteiger partial charge on any atom is -0.373 e. The van der Waals surface area contributed by atoms with Gasteiger partial charge in [0, 0.05) is 17.2 Å². The number of nitrogens with zero attached hydrogens (tertiary/aromatic N) is 1. The summed E-state index contributed by atoms with van der Waals surface area (Å²) in [7, 11) is 0. The van der Waals surface area contributed by atoms with Gasteiger partial charge in [-0.15, -0.1) is 0 Å². The normalized spacial score (nSPS) is 11.9. The summed E-state index contributed by atoms with van der Waals surface area (Å²) in [6.07, 6.45) is 0. The highest BCUT2D eigenvalue weighted by Crippen LogP contribution is 2.31. The van der Waals surface area contributed by atoms with Crippen LogP contribution in [0.15, 0.2) is 42.5 Å². The van der Waals surface area contributed by atoms with Crippen molar-refractivity contribution < 1.29 is 9.31 Å². The van der Waals surface area contributed by atoms with E-state index < -0.39 is 10.7 Å². The van der Waals surface area contributed by atoms with Gasteiger partial charge >= 0.3 is 0 Å². The molecule has 4 nitrogen and oxygen atoms in total. The average Bonchev–Trinajstić information content (AvgIpc) is 2.38. The summed E-state index contributed by atoms with van der Waals surface area (Å²) in [5, 5.41) is 14.4. The van der Waals surface area contributed by atoms with Gasteiger partial charge in [0.15, 0.2) is 0 Å². The van der Waals surface area contributed by atoms with Gasteiger partial charge in [-0.1, -0.05) is 29.8 Å². The van der Waals surface area contributed by atoms with E-state index in [1.54, 1.807) is 19.1 Å². The minimum atomic E-state index is -0.554. The van der Waals surface area contributed by atoms with Crippen LogP contribution < -0.4 is 5.32 Å². The van der Waals surface area contributed by atoms with Crippen molar-refractivity contribution in [1.29, 1.82) is 0 Å². The van der Waals surface area contributed by atoms with Gasteiger partial charge in [0.1, 0.15) is 11.5 Å². The predicted molar refractivity (Wildman–Crippen MR) is 76.5 cm³/mol. The molecule has 0 aliphatic rings. The standard InChI is InChI=1S/C14H12ClFN2O2/c1-9(11-4-2-3-5-12(11)15)17-13-8-10(16)6-7-14(13)18(19)20/h2-9,17H,1H3. The molecule has 0 saturated carbocycles. The number of rotatable bonds is 4. The molecule has 2 aromatic carbocycles. The molecular weight excluding hydrogens is 283 g/mol. The molecule has 0 spiro atoms. The lowest BCUT2D eigenvalue weighted by Gasteiger charge is -2.17.